The SMILES string of the molecule is Cc1cc(C(=O)OCC(=O)N[C@H](C)c2cccs2)c(C)n1Cc1cccs1. The van der Waals surface area contributed by atoms with E-state index < -0.39 is 5.97 Å². The fourth-order valence-electron chi connectivity index (χ4n) is 2.91. The molecule has 0 saturated heterocycles. The van der Waals surface area contributed by atoms with Crippen LogP contribution in [0, 0.1) is 13.8 Å². The number of aryl methyl sites for hydroxylation is 1. The summed E-state index contributed by atoms with van der Waals surface area (Å²) in [5.41, 5.74) is 2.34. The smallest absolute Gasteiger partial charge is 0.340 e. The zero-order valence-corrected chi connectivity index (χ0v) is 17.2. The summed E-state index contributed by atoms with van der Waals surface area (Å²) in [4.78, 5) is 26.8. The maximum Gasteiger partial charge on any atom is 0.340 e. The molecule has 27 heavy (non-hydrogen) atoms. The van der Waals surface area contributed by atoms with E-state index >= 15 is 0 Å². The first-order chi connectivity index (χ1) is 13.0. The van der Waals surface area contributed by atoms with Crippen LogP contribution in [-0.4, -0.2) is 23.1 Å². The molecule has 1 N–H and O–H groups in total. The minimum Gasteiger partial charge on any atom is -0.452 e. The summed E-state index contributed by atoms with van der Waals surface area (Å²) in [7, 11) is 0. The quantitative estimate of drug-likeness (QED) is 0.599. The zero-order chi connectivity index (χ0) is 19.4. The lowest BCUT2D eigenvalue weighted by atomic mass is 10.2. The largest absolute Gasteiger partial charge is 0.452 e. The molecule has 0 aliphatic carbocycles. The number of rotatable bonds is 7. The number of nitrogens with zero attached hydrogens (tertiary/aromatic N) is 1. The molecule has 0 aliphatic rings. The van der Waals surface area contributed by atoms with Gasteiger partial charge in [-0.15, -0.1) is 22.7 Å². The molecule has 7 heteroatoms. The van der Waals surface area contributed by atoms with Crippen LogP contribution in [0.5, 0.6) is 0 Å². The Labute approximate surface area is 166 Å². The Bertz CT molecular complexity index is 912. The molecule has 3 aromatic heterocycles. The number of esters is 1. The van der Waals surface area contributed by atoms with Crippen molar-refractivity contribution in [3.63, 3.8) is 0 Å². The monoisotopic (exact) mass is 402 g/mol. The number of nitrogens with one attached hydrogen (secondary N) is 1. The van der Waals surface area contributed by atoms with Crippen LogP contribution in [0.1, 0.15) is 44.5 Å². The molecule has 0 spiro atoms. The highest BCUT2D eigenvalue weighted by molar-refractivity contribution is 7.10. The molecule has 1 atom stereocenters. The first kappa shape index (κ1) is 19.4. The molecule has 142 valence electrons. The molecule has 3 aromatic rings. The number of ether oxygens (including phenoxy) is 1. The van der Waals surface area contributed by atoms with Gasteiger partial charge in [0.25, 0.3) is 5.91 Å². The Kier molecular flexibility index (Phi) is 6.13. The van der Waals surface area contributed by atoms with E-state index in [0.717, 1.165) is 22.8 Å². The van der Waals surface area contributed by atoms with Crippen molar-refractivity contribution in [3.8, 4) is 0 Å². The number of aromatic nitrogens is 1. The number of carbonyl (C=O) groups is 2. The zero-order valence-electron chi connectivity index (χ0n) is 15.5. The topological polar surface area (TPSA) is 60.3 Å². The lowest BCUT2D eigenvalue weighted by Crippen LogP contribution is -2.30. The van der Waals surface area contributed by atoms with Crippen molar-refractivity contribution in [1.82, 2.24) is 9.88 Å². The van der Waals surface area contributed by atoms with Crippen molar-refractivity contribution >= 4 is 34.6 Å². The van der Waals surface area contributed by atoms with Crippen molar-refractivity contribution in [3.05, 3.63) is 67.8 Å². The van der Waals surface area contributed by atoms with E-state index in [0.29, 0.717) is 5.56 Å². The predicted molar refractivity (Wildman–Crippen MR) is 108 cm³/mol. The second-order valence-corrected chi connectivity index (χ2v) is 8.34. The molecular weight excluding hydrogens is 380 g/mol. The van der Waals surface area contributed by atoms with Crippen LogP contribution in [0.4, 0.5) is 0 Å². The van der Waals surface area contributed by atoms with Gasteiger partial charge in [-0.05, 0) is 49.7 Å². The fourth-order valence-corrected chi connectivity index (χ4v) is 4.34. The second kappa shape index (κ2) is 8.54. The Hall–Kier alpha value is -2.38. The van der Waals surface area contributed by atoms with Crippen LogP contribution >= 0.6 is 22.7 Å². The highest BCUT2D eigenvalue weighted by Crippen LogP contribution is 2.20. The van der Waals surface area contributed by atoms with Gasteiger partial charge in [-0.25, -0.2) is 4.79 Å². The van der Waals surface area contributed by atoms with Gasteiger partial charge >= 0.3 is 5.97 Å². The minimum absolute atomic E-state index is 0.105. The van der Waals surface area contributed by atoms with E-state index in [1.54, 1.807) is 22.7 Å². The van der Waals surface area contributed by atoms with Gasteiger partial charge in [-0.1, -0.05) is 12.1 Å². The van der Waals surface area contributed by atoms with E-state index in [1.807, 2.05) is 55.8 Å². The normalized spacial score (nSPS) is 12.0. The maximum atomic E-state index is 12.4. The van der Waals surface area contributed by atoms with Crippen LogP contribution < -0.4 is 5.32 Å². The summed E-state index contributed by atoms with van der Waals surface area (Å²) in [5, 5.41) is 6.84. The molecule has 0 fully saturated rings. The summed E-state index contributed by atoms with van der Waals surface area (Å²) >= 11 is 3.26. The molecule has 5 nitrogen and oxygen atoms in total. The standard InChI is InChI=1S/C20H22N2O3S2/c1-13-10-17(15(3)22(13)11-16-6-4-8-26-16)20(24)25-12-19(23)21-14(2)18-7-5-9-27-18/h4-10,14H,11-12H2,1-3H3,(H,21,23)/t14-/m1/s1. The van der Waals surface area contributed by atoms with Gasteiger partial charge in [0.05, 0.1) is 18.2 Å². The van der Waals surface area contributed by atoms with Gasteiger partial charge in [0.15, 0.2) is 6.61 Å². The summed E-state index contributed by atoms with van der Waals surface area (Å²) in [6, 6.07) is 9.70. The molecule has 0 radical (unpaired) electrons. The van der Waals surface area contributed by atoms with E-state index in [9.17, 15) is 9.59 Å². The molecule has 0 unspecified atom stereocenters. The minimum atomic E-state index is -0.473. The Morgan fingerprint density at radius 2 is 1.93 bits per heavy atom. The van der Waals surface area contributed by atoms with Crippen molar-refractivity contribution in [2.45, 2.75) is 33.4 Å². The molecule has 0 bridgehead atoms. The van der Waals surface area contributed by atoms with Crippen LogP contribution in [0.2, 0.25) is 0 Å². The summed E-state index contributed by atoms with van der Waals surface area (Å²) in [5.74, 6) is -0.781. The fraction of sp³-hybridized carbons (Fsp3) is 0.300. The van der Waals surface area contributed by atoms with Gasteiger partial charge in [-0.2, -0.15) is 0 Å². The van der Waals surface area contributed by atoms with E-state index in [4.69, 9.17) is 4.74 Å². The molecule has 3 rings (SSSR count). The second-order valence-electron chi connectivity index (χ2n) is 6.33. The van der Waals surface area contributed by atoms with Crippen LogP contribution in [0.3, 0.4) is 0 Å². The van der Waals surface area contributed by atoms with Crippen LogP contribution in [-0.2, 0) is 16.1 Å². The third kappa shape index (κ3) is 4.67. The molecule has 0 aliphatic heterocycles. The van der Waals surface area contributed by atoms with Crippen LogP contribution in [0.25, 0.3) is 0 Å². The van der Waals surface area contributed by atoms with Crippen LogP contribution in [0.15, 0.2) is 41.1 Å². The first-order valence-electron chi connectivity index (χ1n) is 8.64. The van der Waals surface area contributed by atoms with E-state index in [-0.39, 0.29) is 18.6 Å². The molecule has 0 saturated carbocycles. The van der Waals surface area contributed by atoms with Gasteiger partial charge in [-0.3, -0.25) is 4.79 Å². The van der Waals surface area contributed by atoms with E-state index in [1.165, 1.54) is 4.88 Å². The lowest BCUT2D eigenvalue weighted by molar-refractivity contribution is -0.124. The Morgan fingerprint density at radius 3 is 2.59 bits per heavy atom. The predicted octanol–water partition coefficient (Wildman–Crippen LogP) is 4.31. The van der Waals surface area contributed by atoms with Gasteiger partial charge in [0, 0.05) is 21.1 Å². The highest BCUT2D eigenvalue weighted by Gasteiger charge is 2.19. The van der Waals surface area contributed by atoms with Crippen molar-refractivity contribution in [1.29, 1.82) is 0 Å². The third-order valence-electron chi connectivity index (χ3n) is 4.37. The van der Waals surface area contributed by atoms with Gasteiger partial charge in [0.2, 0.25) is 0 Å². The number of carbonyl (C=O) groups excluding carboxylic acids is 2. The number of hydrogen-bond donors (Lipinski definition) is 1. The van der Waals surface area contributed by atoms with Gasteiger partial charge in [0.1, 0.15) is 0 Å². The third-order valence-corrected chi connectivity index (χ3v) is 6.29. The molecule has 3 heterocycles. The molecular formula is C20H22N2O3S2. The molecule has 1 amide bonds. The molecule has 0 aromatic carbocycles. The van der Waals surface area contributed by atoms with Crippen molar-refractivity contribution in [2.75, 3.05) is 6.61 Å². The number of thiophene rings is 2. The first-order valence-corrected chi connectivity index (χ1v) is 10.4. The Balaban J connectivity index is 1.58. The van der Waals surface area contributed by atoms with E-state index in [2.05, 4.69) is 16.0 Å². The van der Waals surface area contributed by atoms with Crippen molar-refractivity contribution < 1.29 is 14.3 Å². The summed E-state index contributed by atoms with van der Waals surface area (Å²) in [6.45, 7) is 6.21. The lowest BCUT2D eigenvalue weighted by Gasteiger charge is -2.12. The summed E-state index contributed by atoms with van der Waals surface area (Å²) < 4.78 is 7.32. The van der Waals surface area contributed by atoms with Crippen molar-refractivity contribution in [2.24, 2.45) is 0 Å². The average molecular weight is 403 g/mol. The number of amides is 1. The number of hydrogen-bond acceptors (Lipinski definition) is 5. The summed E-state index contributed by atoms with van der Waals surface area (Å²) in [6.07, 6.45) is 0. The van der Waals surface area contributed by atoms with Gasteiger partial charge < -0.3 is 14.6 Å². The highest BCUT2D eigenvalue weighted by atomic mass is 32.1. The Morgan fingerprint density at radius 1 is 1.19 bits per heavy atom. The average Bonchev–Trinajstić information content (AvgIpc) is 3.38. The maximum absolute atomic E-state index is 12.4.